The minimum Gasteiger partial charge on any atom is -0.500 e. The highest BCUT2D eigenvalue weighted by atomic mass is 16.5. The Morgan fingerprint density at radius 3 is 2.40 bits per heavy atom. The van der Waals surface area contributed by atoms with Gasteiger partial charge in [0.05, 0.1) is 26.2 Å². The molecule has 0 fully saturated rings. The summed E-state index contributed by atoms with van der Waals surface area (Å²) in [6.45, 7) is 2.12. The Morgan fingerprint density at radius 2 is 1.85 bits per heavy atom. The lowest BCUT2D eigenvalue weighted by atomic mass is 9.75. The van der Waals surface area contributed by atoms with Crippen molar-refractivity contribution in [3.05, 3.63) is 53.3 Å². The Kier molecular flexibility index (Phi) is 4.50. The minimum absolute atomic E-state index is 0.0377. The predicted molar refractivity (Wildman–Crippen MR) is 79.7 cm³/mol. The normalized spacial score (nSPS) is 22.0. The third kappa shape index (κ3) is 2.88. The van der Waals surface area contributed by atoms with E-state index >= 15 is 0 Å². The van der Waals surface area contributed by atoms with Crippen molar-refractivity contribution in [3.63, 3.8) is 0 Å². The van der Waals surface area contributed by atoms with Crippen molar-refractivity contribution in [2.24, 2.45) is 5.41 Å². The number of ether oxygens (including phenoxy) is 2. The number of aliphatic hydroxyl groups excluding tert-OH is 1. The molecule has 108 valence electrons. The first-order valence-electron chi connectivity index (χ1n) is 6.80. The summed E-state index contributed by atoms with van der Waals surface area (Å²) < 4.78 is 10.7. The van der Waals surface area contributed by atoms with Crippen LogP contribution in [0.25, 0.3) is 0 Å². The lowest BCUT2D eigenvalue weighted by Crippen LogP contribution is -2.31. The highest BCUT2D eigenvalue weighted by Crippen LogP contribution is 2.38. The fourth-order valence-electron chi connectivity index (χ4n) is 2.77. The smallest absolute Gasteiger partial charge is 0.118 e. The Balaban J connectivity index is 2.29. The molecule has 1 aromatic carbocycles. The van der Waals surface area contributed by atoms with Crippen LogP contribution < -0.4 is 4.74 Å². The van der Waals surface area contributed by atoms with Gasteiger partial charge in [-0.2, -0.15) is 0 Å². The zero-order chi connectivity index (χ0) is 14.6. The highest BCUT2D eigenvalue weighted by molar-refractivity contribution is 5.34. The maximum atomic E-state index is 9.93. The molecule has 2 rings (SSSR count). The second-order valence-electron chi connectivity index (χ2n) is 5.31. The van der Waals surface area contributed by atoms with Crippen molar-refractivity contribution < 1.29 is 14.6 Å². The van der Waals surface area contributed by atoms with Gasteiger partial charge in [0.15, 0.2) is 0 Å². The van der Waals surface area contributed by atoms with E-state index in [4.69, 9.17) is 9.47 Å². The molecule has 0 aromatic heterocycles. The van der Waals surface area contributed by atoms with Gasteiger partial charge in [0, 0.05) is 0 Å². The molecule has 1 N–H and O–H groups in total. The zero-order valence-corrected chi connectivity index (χ0v) is 12.3. The molecule has 1 aromatic rings. The third-order valence-corrected chi connectivity index (χ3v) is 3.80. The number of hydrogen-bond donors (Lipinski definition) is 1. The summed E-state index contributed by atoms with van der Waals surface area (Å²) in [6.07, 6.45) is 5.79. The van der Waals surface area contributed by atoms with Crippen molar-refractivity contribution >= 4 is 0 Å². The molecule has 1 atom stereocenters. The fourth-order valence-corrected chi connectivity index (χ4v) is 2.77. The van der Waals surface area contributed by atoms with Crippen LogP contribution in [0, 0.1) is 5.41 Å². The van der Waals surface area contributed by atoms with Gasteiger partial charge in [0.2, 0.25) is 0 Å². The minimum atomic E-state index is -0.453. The van der Waals surface area contributed by atoms with Crippen LogP contribution in [0.1, 0.15) is 18.9 Å². The highest BCUT2D eigenvalue weighted by Gasteiger charge is 2.35. The molecular formula is C17H22O3. The van der Waals surface area contributed by atoms with Crippen molar-refractivity contribution in [2.75, 3.05) is 20.8 Å². The molecule has 0 aliphatic heterocycles. The standard InChI is InChI=1S/C17H22O3/c1-13-4-9-16(20-3)17(10-13,12-18)11-14-5-7-15(19-2)8-6-14/h5-10,18H,4,11-12H2,1-3H3. The van der Waals surface area contributed by atoms with Crippen LogP contribution in [0.4, 0.5) is 0 Å². The lowest BCUT2D eigenvalue weighted by molar-refractivity contribution is 0.122. The monoisotopic (exact) mass is 274 g/mol. The maximum Gasteiger partial charge on any atom is 0.118 e. The quantitative estimate of drug-likeness (QED) is 0.839. The van der Waals surface area contributed by atoms with Crippen LogP contribution in [0.5, 0.6) is 5.75 Å². The first kappa shape index (κ1) is 14.7. The van der Waals surface area contributed by atoms with E-state index in [1.54, 1.807) is 14.2 Å². The van der Waals surface area contributed by atoms with Crippen molar-refractivity contribution in [3.8, 4) is 5.75 Å². The van der Waals surface area contributed by atoms with Crippen LogP contribution in [0.15, 0.2) is 47.7 Å². The van der Waals surface area contributed by atoms with E-state index in [0.717, 1.165) is 23.5 Å². The molecule has 3 heteroatoms. The van der Waals surface area contributed by atoms with Crippen LogP contribution in [0.3, 0.4) is 0 Å². The van der Waals surface area contributed by atoms with E-state index in [0.29, 0.717) is 6.42 Å². The topological polar surface area (TPSA) is 38.7 Å². The van der Waals surface area contributed by atoms with Gasteiger partial charge in [0.1, 0.15) is 11.5 Å². The Hall–Kier alpha value is -1.74. The number of methoxy groups -OCH3 is 2. The largest absolute Gasteiger partial charge is 0.500 e. The fraction of sp³-hybridized carbons (Fsp3) is 0.412. The first-order valence-corrected chi connectivity index (χ1v) is 6.80. The number of hydrogen-bond acceptors (Lipinski definition) is 3. The van der Waals surface area contributed by atoms with Crippen molar-refractivity contribution in [2.45, 2.75) is 19.8 Å². The van der Waals surface area contributed by atoms with E-state index < -0.39 is 5.41 Å². The molecule has 0 spiro atoms. The second kappa shape index (κ2) is 6.14. The van der Waals surface area contributed by atoms with E-state index in [9.17, 15) is 5.11 Å². The summed E-state index contributed by atoms with van der Waals surface area (Å²) in [5.41, 5.74) is 1.95. The summed E-state index contributed by atoms with van der Waals surface area (Å²) in [4.78, 5) is 0. The van der Waals surface area contributed by atoms with Crippen molar-refractivity contribution in [1.29, 1.82) is 0 Å². The summed E-state index contributed by atoms with van der Waals surface area (Å²) in [6, 6.07) is 7.94. The van der Waals surface area contributed by atoms with E-state index in [1.807, 2.05) is 24.3 Å². The molecule has 1 unspecified atom stereocenters. The summed E-state index contributed by atoms with van der Waals surface area (Å²) >= 11 is 0. The molecule has 20 heavy (non-hydrogen) atoms. The number of rotatable bonds is 5. The van der Waals surface area contributed by atoms with E-state index in [-0.39, 0.29) is 6.61 Å². The third-order valence-electron chi connectivity index (χ3n) is 3.80. The molecule has 3 nitrogen and oxygen atoms in total. The SMILES string of the molecule is COC1=CCC(C)=CC1(CO)Cc1ccc(OC)cc1. The van der Waals surface area contributed by atoms with Gasteiger partial charge in [-0.1, -0.05) is 23.8 Å². The number of benzene rings is 1. The Bertz CT molecular complexity index is 514. The van der Waals surface area contributed by atoms with Gasteiger partial charge < -0.3 is 14.6 Å². The molecule has 0 radical (unpaired) electrons. The molecular weight excluding hydrogens is 252 g/mol. The second-order valence-corrected chi connectivity index (χ2v) is 5.31. The number of allylic oxidation sites excluding steroid dienone is 2. The van der Waals surface area contributed by atoms with E-state index in [2.05, 4.69) is 19.1 Å². The van der Waals surface area contributed by atoms with Crippen molar-refractivity contribution in [1.82, 2.24) is 0 Å². The van der Waals surface area contributed by atoms with Crippen LogP contribution >= 0.6 is 0 Å². The summed E-state index contributed by atoms with van der Waals surface area (Å²) in [5, 5.41) is 9.93. The first-order chi connectivity index (χ1) is 9.63. The zero-order valence-electron chi connectivity index (χ0n) is 12.3. The molecule has 0 saturated heterocycles. The Morgan fingerprint density at radius 1 is 1.15 bits per heavy atom. The van der Waals surface area contributed by atoms with Gasteiger partial charge in [-0.15, -0.1) is 0 Å². The molecule has 1 aliphatic rings. The average molecular weight is 274 g/mol. The maximum absolute atomic E-state index is 9.93. The average Bonchev–Trinajstić information content (AvgIpc) is 2.48. The van der Waals surface area contributed by atoms with Gasteiger partial charge in [-0.05, 0) is 43.5 Å². The summed E-state index contributed by atoms with van der Waals surface area (Å²) in [5.74, 6) is 1.69. The van der Waals surface area contributed by atoms with Gasteiger partial charge in [-0.25, -0.2) is 0 Å². The summed E-state index contributed by atoms with van der Waals surface area (Å²) in [7, 11) is 3.32. The molecule has 0 bridgehead atoms. The predicted octanol–water partition coefficient (Wildman–Crippen LogP) is 3.10. The molecule has 0 heterocycles. The van der Waals surface area contributed by atoms with Crippen LogP contribution in [0.2, 0.25) is 0 Å². The van der Waals surface area contributed by atoms with Crippen LogP contribution in [-0.4, -0.2) is 25.9 Å². The van der Waals surface area contributed by atoms with Gasteiger partial charge in [-0.3, -0.25) is 0 Å². The molecule has 0 saturated carbocycles. The molecule has 0 amide bonds. The van der Waals surface area contributed by atoms with Gasteiger partial charge >= 0.3 is 0 Å². The van der Waals surface area contributed by atoms with E-state index in [1.165, 1.54) is 5.57 Å². The van der Waals surface area contributed by atoms with Crippen LogP contribution in [-0.2, 0) is 11.2 Å². The van der Waals surface area contributed by atoms with Gasteiger partial charge in [0.25, 0.3) is 0 Å². The number of aliphatic hydroxyl groups is 1. The Labute approximate surface area is 120 Å². The lowest BCUT2D eigenvalue weighted by Gasteiger charge is -2.34. The molecule has 1 aliphatic carbocycles.